The van der Waals surface area contributed by atoms with Gasteiger partial charge in [-0.05, 0) is 38.1 Å². The van der Waals surface area contributed by atoms with Crippen LogP contribution in [0, 0.1) is 6.92 Å². The molecule has 0 aromatic heterocycles. The van der Waals surface area contributed by atoms with Gasteiger partial charge >= 0.3 is 0 Å². The lowest BCUT2D eigenvalue weighted by atomic mass is 10.2. The maximum absolute atomic E-state index is 10.7. The molecule has 0 radical (unpaired) electrons. The smallest absolute Gasteiger partial charge is 0.159 e. The number of thiol groups is 1. The summed E-state index contributed by atoms with van der Waals surface area (Å²) in [6, 6.07) is 15.4. The van der Waals surface area contributed by atoms with Crippen LogP contribution < -0.4 is 0 Å². The van der Waals surface area contributed by atoms with Gasteiger partial charge < -0.3 is 0 Å². The summed E-state index contributed by atoms with van der Waals surface area (Å²) in [5.41, 5.74) is 2.03. The number of carbonyl (C=O) groups excluding carboxylic acids is 1. The topological polar surface area (TPSA) is 17.1 Å². The zero-order valence-electron chi connectivity index (χ0n) is 10.4. The Labute approximate surface area is 122 Å². The molecule has 0 spiro atoms. The van der Waals surface area contributed by atoms with E-state index in [-0.39, 0.29) is 5.78 Å². The van der Waals surface area contributed by atoms with Crippen LogP contribution in [0.1, 0.15) is 22.8 Å². The molecule has 0 saturated carbocycles. The zero-order valence-corrected chi connectivity index (χ0v) is 12.8. The van der Waals surface area contributed by atoms with Crippen molar-refractivity contribution in [3.63, 3.8) is 0 Å². The number of aryl methyl sites for hydroxylation is 1. The van der Waals surface area contributed by atoms with Gasteiger partial charge in [0, 0.05) is 14.9 Å². The first-order valence-corrected chi connectivity index (χ1v) is 6.75. The fourth-order valence-corrected chi connectivity index (χ4v) is 1.64. The van der Waals surface area contributed by atoms with Crippen LogP contribution in [0.5, 0.6) is 0 Å². The first-order chi connectivity index (χ1) is 8.49. The van der Waals surface area contributed by atoms with E-state index >= 15 is 0 Å². The highest BCUT2D eigenvalue weighted by atomic mass is 79.9. The van der Waals surface area contributed by atoms with E-state index in [1.807, 2.05) is 36.4 Å². The average Bonchev–Trinajstić information content (AvgIpc) is 2.34. The second kappa shape index (κ2) is 7.39. The molecule has 0 N–H and O–H groups in total. The van der Waals surface area contributed by atoms with Crippen molar-refractivity contribution >= 4 is 34.3 Å². The molecule has 0 bridgehead atoms. The van der Waals surface area contributed by atoms with Crippen molar-refractivity contribution in [3.05, 3.63) is 64.1 Å². The first kappa shape index (κ1) is 15.0. The lowest BCUT2D eigenvalue weighted by Crippen LogP contribution is -1.89. The van der Waals surface area contributed by atoms with Crippen LogP contribution in [0.15, 0.2) is 57.9 Å². The molecular formula is C15H15BrOS. The third-order valence-electron chi connectivity index (χ3n) is 2.28. The quantitative estimate of drug-likeness (QED) is 0.581. The third kappa shape index (κ3) is 5.52. The fraction of sp³-hybridized carbons (Fsp3) is 0.133. The van der Waals surface area contributed by atoms with E-state index in [0.29, 0.717) is 0 Å². The Hall–Kier alpha value is -1.06. The molecule has 2 rings (SSSR count). The Morgan fingerprint density at radius 2 is 1.50 bits per heavy atom. The molecule has 0 atom stereocenters. The van der Waals surface area contributed by atoms with Gasteiger partial charge in [-0.25, -0.2) is 0 Å². The van der Waals surface area contributed by atoms with E-state index in [1.165, 1.54) is 5.56 Å². The van der Waals surface area contributed by atoms with Crippen molar-refractivity contribution in [3.8, 4) is 0 Å². The summed E-state index contributed by atoms with van der Waals surface area (Å²) in [6.07, 6.45) is 0. The number of hydrogen-bond donors (Lipinski definition) is 1. The lowest BCUT2D eigenvalue weighted by Gasteiger charge is -1.92. The minimum atomic E-state index is 0.104. The number of halogens is 1. The van der Waals surface area contributed by atoms with E-state index in [9.17, 15) is 4.79 Å². The summed E-state index contributed by atoms with van der Waals surface area (Å²) in [6.45, 7) is 3.62. The molecule has 18 heavy (non-hydrogen) atoms. The molecule has 2 aromatic rings. The molecule has 0 saturated heterocycles. The minimum absolute atomic E-state index is 0.104. The SMILES string of the molecule is CC(=O)c1ccc(Br)cc1.Cc1ccc(S)cc1. The van der Waals surface area contributed by atoms with Crippen molar-refractivity contribution in [2.45, 2.75) is 18.7 Å². The van der Waals surface area contributed by atoms with Crippen LogP contribution in [-0.2, 0) is 0 Å². The van der Waals surface area contributed by atoms with Crippen LogP contribution in [0.3, 0.4) is 0 Å². The second-order valence-corrected chi connectivity index (χ2v) is 5.33. The Morgan fingerprint density at radius 1 is 1.00 bits per heavy atom. The molecule has 3 heteroatoms. The summed E-state index contributed by atoms with van der Waals surface area (Å²) in [5.74, 6) is 0.104. The molecule has 0 aliphatic rings. The van der Waals surface area contributed by atoms with Crippen LogP contribution in [0.4, 0.5) is 0 Å². The van der Waals surface area contributed by atoms with Crippen LogP contribution >= 0.6 is 28.6 Å². The first-order valence-electron chi connectivity index (χ1n) is 5.51. The van der Waals surface area contributed by atoms with Crippen molar-refractivity contribution in [2.24, 2.45) is 0 Å². The van der Waals surface area contributed by atoms with Crippen LogP contribution in [-0.4, -0.2) is 5.78 Å². The minimum Gasteiger partial charge on any atom is -0.295 e. The molecule has 0 heterocycles. The highest BCUT2D eigenvalue weighted by molar-refractivity contribution is 9.10. The predicted molar refractivity (Wildman–Crippen MR) is 82.6 cm³/mol. The maximum Gasteiger partial charge on any atom is 0.159 e. The van der Waals surface area contributed by atoms with Gasteiger partial charge in [0.25, 0.3) is 0 Å². The van der Waals surface area contributed by atoms with Crippen LogP contribution in [0.25, 0.3) is 0 Å². The summed E-state index contributed by atoms with van der Waals surface area (Å²) in [7, 11) is 0. The van der Waals surface area contributed by atoms with E-state index in [4.69, 9.17) is 0 Å². The van der Waals surface area contributed by atoms with Gasteiger partial charge in [0.05, 0.1) is 0 Å². The van der Waals surface area contributed by atoms with Crippen LogP contribution in [0.2, 0.25) is 0 Å². The molecule has 0 unspecified atom stereocenters. The molecule has 0 aliphatic heterocycles. The highest BCUT2D eigenvalue weighted by Crippen LogP contribution is 2.10. The highest BCUT2D eigenvalue weighted by Gasteiger charge is 1.95. The molecule has 0 amide bonds. The molecule has 94 valence electrons. The molecular weight excluding hydrogens is 308 g/mol. The summed E-state index contributed by atoms with van der Waals surface area (Å²) in [4.78, 5) is 11.8. The lowest BCUT2D eigenvalue weighted by molar-refractivity contribution is 0.101. The fourth-order valence-electron chi connectivity index (χ4n) is 1.23. The normalized spacial score (nSPS) is 9.33. The van der Waals surface area contributed by atoms with Gasteiger partial charge in [-0.1, -0.05) is 45.8 Å². The van der Waals surface area contributed by atoms with Gasteiger partial charge in [0.2, 0.25) is 0 Å². The van der Waals surface area contributed by atoms with Gasteiger partial charge in [0.1, 0.15) is 0 Å². The van der Waals surface area contributed by atoms with Crippen molar-refractivity contribution < 1.29 is 4.79 Å². The Morgan fingerprint density at radius 3 is 1.89 bits per heavy atom. The molecule has 0 aliphatic carbocycles. The number of carbonyl (C=O) groups is 1. The van der Waals surface area contributed by atoms with Gasteiger partial charge in [0.15, 0.2) is 5.78 Å². The number of rotatable bonds is 1. The summed E-state index contributed by atoms with van der Waals surface area (Å²) >= 11 is 7.41. The largest absolute Gasteiger partial charge is 0.295 e. The number of hydrogen-bond acceptors (Lipinski definition) is 2. The monoisotopic (exact) mass is 322 g/mol. The van der Waals surface area contributed by atoms with Crippen molar-refractivity contribution in [1.82, 2.24) is 0 Å². The Balaban J connectivity index is 0.000000184. The van der Waals surface area contributed by atoms with E-state index in [1.54, 1.807) is 19.1 Å². The standard InChI is InChI=1S/C8H7BrO.C7H8S/c1-6(10)7-2-4-8(9)5-3-7;1-6-2-4-7(8)5-3-6/h2-5H,1H3;2-5,8H,1H3. The number of Topliss-reactive ketones (excluding diaryl/α,β-unsaturated/α-hetero) is 1. The van der Waals surface area contributed by atoms with Gasteiger partial charge in [-0.2, -0.15) is 0 Å². The number of benzene rings is 2. The van der Waals surface area contributed by atoms with E-state index in [0.717, 1.165) is 14.9 Å². The van der Waals surface area contributed by atoms with Gasteiger partial charge in [-0.3, -0.25) is 4.79 Å². The van der Waals surface area contributed by atoms with Crippen molar-refractivity contribution in [2.75, 3.05) is 0 Å². The Kier molecular flexibility index (Phi) is 6.16. The average molecular weight is 323 g/mol. The van der Waals surface area contributed by atoms with E-state index < -0.39 is 0 Å². The predicted octanol–water partition coefficient (Wildman–Crippen LogP) is 4.94. The van der Waals surface area contributed by atoms with Crippen molar-refractivity contribution in [1.29, 1.82) is 0 Å². The molecule has 0 fully saturated rings. The maximum atomic E-state index is 10.7. The Bertz CT molecular complexity index is 482. The summed E-state index contributed by atoms with van der Waals surface area (Å²) in [5, 5.41) is 0. The van der Waals surface area contributed by atoms with Gasteiger partial charge in [-0.15, -0.1) is 12.6 Å². The van der Waals surface area contributed by atoms with E-state index in [2.05, 4.69) is 35.5 Å². The molecule has 2 aromatic carbocycles. The number of ketones is 1. The third-order valence-corrected chi connectivity index (χ3v) is 3.11. The molecule has 1 nitrogen and oxygen atoms in total. The second-order valence-electron chi connectivity index (χ2n) is 3.90. The summed E-state index contributed by atoms with van der Waals surface area (Å²) < 4.78 is 0.998. The zero-order chi connectivity index (χ0) is 13.5.